The summed E-state index contributed by atoms with van der Waals surface area (Å²) in [5.41, 5.74) is -3.19. The largest absolute Gasteiger partial charge is 0.383 e. The van der Waals surface area contributed by atoms with Crippen LogP contribution in [0.2, 0.25) is 5.02 Å². The number of benzene rings is 1. The van der Waals surface area contributed by atoms with Crippen LogP contribution in [-0.4, -0.2) is 32.1 Å². The molecular formula is C20H20ClF2NO3S. The van der Waals surface area contributed by atoms with Crippen molar-refractivity contribution in [3.8, 4) is 0 Å². The van der Waals surface area contributed by atoms with E-state index in [-0.39, 0.29) is 47.7 Å². The summed E-state index contributed by atoms with van der Waals surface area (Å²) in [5, 5.41) is 11.1. The molecule has 0 fully saturated rings. The highest BCUT2D eigenvalue weighted by atomic mass is 35.5. The number of aliphatic hydroxyl groups is 1. The number of hydrogen-bond acceptors (Lipinski definition) is 4. The molecular weight excluding hydrogens is 408 g/mol. The van der Waals surface area contributed by atoms with E-state index in [0.717, 1.165) is 6.07 Å². The molecule has 1 aliphatic carbocycles. The van der Waals surface area contributed by atoms with Gasteiger partial charge in [-0.3, -0.25) is 14.0 Å². The Labute approximate surface area is 169 Å². The number of nitrogens with zero attached hydrogens (tertiary/aromatic N) is 1. The Balaban J connectivity index is 1.87. The molecule has 1 heterocycles. The highest BCUT2D eigenvalue weighted by molar-refractivity contribution is 7.84. The van der Waals surface area contributed by atoms with Gasteiger partial charge in [-0.05, 0) is 43.0 Å². The Morgan fingerprint density at radius 3 is 2.79 bits per heavy atom. The van der Waals surface area contributed by atoms with Crippen LogP contribution in [0.5, 0.6) is 0 Å². The molecule has 150 valence electrons. The summed E-state index contributed by atoms with van der Waals surface area (Å²) in [5.74, 6) is -1.21. The van der Waals surface area contributed by atoms with Gasteiger partial charge in [0.2, 0.25) is 0 Å². The van der Waals surface area contributed by atoms with E-state index in [0.29, 0.717) is 5.56 Å². The first-order valence-corrected chi connectivity index (χ1v) is 10.9. The molecule has 3 atom stereocenters. The third-order valence-corrected chi connectivity index (χ3v) is 6.31. The molecule has 1 aliphatic rings. The SMILES string of the molecule is CS(=O)C[C@]1(O)CC[C@@](F)(C(=O)CCc2ccc(F)cc2Cl)c2cccnc21. The fourth-order valence-electron chi connectivity index (χ4n) is 3.67. The molecule has 3 rings (SSSR count). The van der Waals surface area contributed by atoms with Crippen molar-refractivity contribution < 1.29 is 22.9 Å². The average Bonchev–Trinajstić information content (AvgIpc) is 2.64. The number of hydrogen-bond donors (Lipinski definition) is 1. The summed E-state index contributed by atoms with van der Waals surface area (Å²) >= 11 is 5.98. The van der Waals surface area contributed by atoms with Crippen molar-refractivity contribution >= 4 is 28.2 Å². The molecule has 0 saturated carbocycles. The zero-order chi connectivity index (χ0) is 20.5. The molecule has 0 aliphatic heterocycles. The van der Waals surface area contributed by atoms with Crippen molar-refractivity contribution in [2.45, 2.75) is 37.0 Å². The highest BCUT2D eigenvalue weighted by Gasteiger charge is 2.51. The van der Waals surface area contributed by atoms with Gasteiger partial charge in [-0.15, -0.1) is 0 Å². The van der Waals surface area contributed by atoms with Crippen molar-refractivity contribution in [3.05, 3.63) is 64.2 Å². The molecule has 0 saturated heterocycles. The standard InChI is InChI=1S/C20H20ClF2NO3S/c1-28(27)12-19(26)8-9-20(23,15-3-2-10-24-18(15)19)17(25)7-5-13-4-6-14(22)11-16(13)21/h2-4,6,10-11,26H,5,7-9,12H2,1H3/t19-,20+,28?/m1/s1. The molecule has 0 spiro atoms. The van der Waals surface area contributed by atoms with Crippen molar-refractivity contribution in [3.63, 3.8) is 0 Å². The van der Waals surface area contributed by atoms with Crippen molar-refractivity contribution in [2.24, 2.45) is 0 Å². The number of aromatic nitrogens is 1. The zero-order valence-electron chi connectivity index (χ0n) is 15.3. The van der Waals surface area contributed by atoms with Gasteiger partial charge in [0.1, 0.15) is 11.4 Å². The fraction of sp³-hybridized carbons (Fsp3) is 0.400. The van der Waals surface area contributed by atoms with Crippen LogP contribution in [0, 0.1) is 5.82 Å². The lowest BCUT2D eigenvalue weighted by atomic mass is 9.73. The van der Waals surface area contributed by atoms with Gasteiger partial charge >= 0.3 is 0 Å². The number of carbonyl (C=O) groups excluding carboxylic acids is 1. The molecule has 2 aromatic rings. The van der Waals surface area contributed by atoms with E-state index in [1.807, 2.05) is 0 Å². The Morgan fingerprint density at radius 2 is 2.11 bits per heavy atom. The number of carbonyl (C=O) groups is 1. The van der Waals surface area contributed by atoms with Crippen LogP contribution >= 0.6 is 11.6 Å². The number of aryl methyl sites for hydroxylation is 1. The molecule has 1 unspecified atom stereocenters. The number of alkyl halides is 1. The van der Waals surface area contributed by atoms with Gasteiger partial charge in [0, 0.05) is 40.3 Å². The normalized spacial score (nSPS) is 25.2. The predicted octanol–water partition coefficient (Wildman–Crippen LogP) is 3.60. The van der Waals surface area contributed by atoms with E-state index < -0.39 is 33.7 Å². The summed E-state index contributed by atoms with van der Waals surface area (Å²) in [4.78, 5) is 16.9. The second-order valence-electron chi connectivity index (χ2n) is 7.11. The molecule has 0 amide bonds. The van der Waals surface area contributed by atoms with Gasteiger partial charge in [-0.2, -0.15) is 0 Å². The van der Waals surface area contributed by atoms with Crippen molar-refractivity contribution in [2.75, 3.05) is 12.0 Å². The maximum absolute atomic E-state index is 15.8. The summed E-state index contributed by atoms with van der Waals surface area (Å²) < 4.78 is 40.7. The highest BCUT2D eigenvalue weighted by Crippen LogP contribution is 2.46. The molecule has 1 N–H and O–H groups in total. The number of ketones is 1. The molecule has 28 heavy (non-hydrogen) atoms. The number of halogens is 3. The first-order valence-electron chi connectivity index (χ1n) is 8.80. The lowest BCUT2D eigenvalue weighted by Crippen LogP contribution is -2.45. The van der Waals surface area contributed by atoms with Gasteiger partial charge in [-0.1, -0.05) is 23.7 Å². The number of pyridine rings is 1. The minimum absolute atomic E-state index is 0.0180. The van der Waals surface area contributed by atoms with Crippen LogP contribution in [0.1, 0.15) is 36.1 Å². The van der Waals surface area contributed by atoms with Crippen LogP contribution in [0.3, 0.4) is 0 Å². The monoisotopic (exact) mass is 427 g/mol. The van der Waals surface area contributed by atoms with E-state index in [2.05, 4.69) is 4.98 Å². The lowest BCUT2D eigenvalue weighted by Gasteiger charge is -2.39. The van der Waals surface area contributed by atoms with Crippen molar-refractivity contribution in [1.82, 2.24) is 4.98 Å². The summed E-state index contributed by atoms with van der Waals surface area (Å²) in [7, 11) is -1.32. The van der Waals surface area contributed by atoms with Crippen LogP contribution in [-0.2, 0) is 33.3 Å². The maximum atomic E-state index is 15.8. The van der Waals surface area contributed by atoms with Gasteiger partial charge < -0.3 is 5.11 Å². The quantitative estimate of drug-likeness (QED) is 0.764. The summed E-state index contributed by atoms with van der Waals surface area (Å²) in [6, 6.07) is 6.81. The zero-order valence-corrected chi connectivity index (χ0v) is 16.8. The van der Waals surface area contributed by atoms with Crippen LogP contribution in [0.4, 0.5) is 8.78 Å². The third-order valence-electron chi connectivity index (χ3n) is 5.08. The predicted molar refractivity (Wildman–Crippen MR) is 104 cm³/mol. The molecule has 0 bridgehead atoms. The molecule has 4 nitrogen and oxygen atoms in total. The van der Waals surface area contributed by atoms with Gasteiger partial charge in [0.15, 0.2) is 11.5 Å². The topological polar surface area (TPSA) is 67.3 Å². The molecule has 1 aromatic heterocycles. The Morgan fingerprint density at radius 1 is 1.36 bits per heavy atom. The van der Waals surface area contributed by atoms with E-state index in [4.69, 9.17) is 11.6 Å². The Bertz CT molecular complexity index is 941. The number of rotatable bonds is 6. The van der Waals surface area contributed by atoms with E-state index in [9.17, 15) is 18.5 Å². The van der Waals surface area contributed by atoms with Crippen LogP contribution < -0.4 is 0 Å². The fourth-order valence-corrected chi connectivity index (χ4v) is 4.88. The molecule has 1 aromatic carbocycles. The first-order chi connectivity index (χ1) is 13.2. The van der Waals surface area contributed by atoms with Gasteiger partial charge in [0.25, 0.3) is 0 Å². The second-order valence-corrected chi connectivity index (χ2v) is 8.95. The minimum atomic E-state index is -2.29. The smallest absolute Gasteiger partial charge is 0.195 e. The van der Waals surface area contributed by atoms with E-state index >= 15 is 4.39 Å². The average molecular weight is 428 g/mol. The van der Waals surface area contributed by atoms with E-state index in [1.165, 1.54) is 36.7 Å². The number of Topliss-reactive ketones (excluding diaryl/α,β-unsaturated/α-hetero) is 1. The van der Waals surface area contributed by atoms with Gasteiger partial charge in [-0.25, -0.2) is 8.78 Å². The molecule has 8 heteroatoms. The van der Waals surface area contributed by atoms with E-state index in [1.54, 1.807) is 0 Å². The summed E-state index contributed by atoms with van der Waals surface area (Å²) in [6.07, 6.45) is 2.62. The summed E-state index contributed by atoms with van der Waals surface area (Å²) in [6.45, 7) is 0. The van der Waals surface area contributed by atoms with Crippen LogP contribution in [0.25, 0.3) is 0 Å². The third kappa shape index (κ3) is 4.02. The molecule has 0 radical (unpaired) electrons. The van der Waals surface area contributed by atoms with Gasteiger partial charge in [0.05, 0.1) is 11.4 Å². The first kappa shape index (κ1) is 21.0. The lowest BCUT2D eigenvalue weighted by molar-refractivity contribution is -0.134. The second kappa shape index (κ2) is 7.97. The minimum Gasteiger partial charge on any atom is -0.383 e. The number of fused-ring (bicyclic) bond motifs is 1. The maximum Gasteiger partial charge on any atom is 0.195 e. The van der Waals surface area contributed by atoms with Crippen LogP contribution in [0.15, 0.2) is 36.5 Å². The van der Waals surface area contributed by atoms with Crippen molar-refractivity contribution in [1.29, 1.82) is 0 Å². The Hall–Kier alpha value is -1.70. The Kier molecular flexibility index (Phi) is 5.98.